The average molecular weight is 480 g/mol. The van der Waals surface area contributed by atoms with E-state index in [1.807, 2.05) is 38.2 Å². The van der Waals surface area contributed by atoms with E-state index in [-0.39, 0.29) is 29.9 Å². The summed E-state index contributed by atoms with van der Waals surface area (Å²) in [6.07, 6.45) is 0. The van der Waals surface area contributed by atoms with Gasteiger partial charge in [0.2, 0.25) is 0 Å². The van der Waals surface area contributed by atoms with Crippen LogP contribution in [0.15, 0.2) is 53.5 Å². The highest BCUT2D eigenvalue weighted by molar-refractivity contribution is 14.0. The predicted octanol–water partition coefficient (Wildman–Crippen LogP) is 3.57. The lowest BCUT2D eigenvalue weighted by Gasteiger charge is -2.22. The minimum atomic E-state index is -0.0461. The van der Waals surface area contributed by atoms with Crippen molar-refractivity contribution in [2.75, 3.05) is 20.6 Å². The van der Waals surface area contributed by atoms with Gasteiger partial charge in [-0.2, -0.15) is 0 Å². The van der Waals surface area contributed by atoms with E-state index in [1.54, 1.807) is 7.05 Å². The lowest BCUT2D eigenvalue weighted by molar-refractivity contribution is 0.0955. The highest BCUT2D eigenvalue weighted by Crippen LogP contribution is 2.08. The molecule has 1 amide bonds. The molecule has 146 valence electrons. The minimum Gasteiger partial charge on any atom is -0.352 e. The van der Waals surface area contributed by atoms with Crippen molar-refractivity contribution >= 4 is 35.8 Å². The molecule has 6 heteroatoms. The Labute approximate surface area is 179 Å². The molecule has 0 aliphatic heterocycles. The van der Waals surface area contributed by atoms with E-state index < -0.39 is 0 Å². The Bertz CT molecular complexity index is 759. The molecule has 2 N–H and O–H groups in total. The maximum absolute atomic E-state index is 12.0. The van der Waals surface area contributed by atoms with E-state index in [4.69, 9.17) is 0 Å². The van der Waals surface area contributed by atoms with E-state index in [2.05, 4.69) is 51.7 Å². The van der Waals surface area contributed by atoms with E-state index in [0.29, 0.717) is 18.7 Å². The Kier molecular flexibility index (Phi) is 9.85. The topological polar surface area (TPSA) is 56.7 Å². The summed E-state index contributed by atoms with van der Waals surface area (Å²) >= 11 is 0. The van der Waals surface area contributed by atoms with E-state index in [0.717, 1.165) is 18.1 Å². The summed E-state index contributed by atoms with van der Waals surface area (Å²) in [6, 6.07) is 16.1. The van der Waals surface area contributed by atoms with Crippen molar-refractivity contribution in [3.63, 3.8) is 0 Å². The molecule has 0 saturated carbocycles. The zero-order valence-corrected chi connectivity index (χ0v) is 18.8. The van der Waals surface area contributed by atoms with Gasteiger partial charge in [0.15, 0.2) is 5.96 Å². The molecule has 2 aromatic carbocycles. The number of halogens is 1. The number of benzene rings is 2. The molecule has 0 aliphatic rings. The molecule has 0 radical (unpaired) electrons. The minimum absolute atomic E-state index is 0. The molecule has 0 saturated heterocycles. The first kappa shape index (κ1) is 23.0. The second kappa shape index (κ2) is 11.6. The number of carbonyl (C=O) groups is 1. The number of nitrogens with one attached hydrogen (secondary N) is 2. The Morgan fingerprint density at radius 3 is 2.41 bits per heavy atom. The average Bonchev–Trinajstić information content (AvgIpc) is 2.64. The van der Waals surface area contributed by atoms with Gasteiger partial charge in [-0.05, 0) is 37.1 Å². The molecule has 0 atom stereocenters. The third kappa shape index (κ3) is 7.21. The van der Waals surface area contributed by atoms with Crippen LogP contribution < -0.4 is 10.6 Å². The lowest BCUT2D eigenvalue weighted by atomic mass is 10.1. The number of rotatable bonds is 6. The van der Waals surface area contributed by atoms with Crippen molar-refractivity contribution in [3.05, 3.63) is 70.8 Å². The fourth-order valence-electron chi connectivity index (χ4n) is 2.69. The van der Waals surface area contributed by atoms with Gasteiger partial charge in [0, 0.05) is 39.3 Å². The van der Waals surface area contributed by atoms with Crippen LogP contribution in [0, 0.1) is 6.92 Å². The second-order valence-electron chi connectivity index (χ2n) is 6.30. The number of amides is 1. The molecule has 2 rings (SSSR count). The number of aryl methyl sites for hydroxylation is 1. The molecule has 27 heavy (non-hydrogen) atoms. The van der Waals surface area contributed by atoms with E-state index in [1.165, 1.54) is 11.1 Å². The fraction of sp³-hybridized carbons (Fsp3) is 0.333. The summed E-state index contributed by atoms with van der Waals surface area (Å²) in [5, 5.41) is 6.18. The first-order valence-electron chi connectivity index (χ1n) is 8.88. The number of carbonyl (C=O) groups excluding carboxylic acids is 1. The van der Waals surface area contributed by atoms with Crippen LogP contribution in [0.2, 0.25) is 0 Å². The zero-order valence-electron chi connectivity index (χ0n) is 16.5. The van der Waals surface area contributed by atoms with Gasteiger partial charge < -0.3 is 15.5 Å². The normalized spacial score (nSPS) is 10.7. The molecule has 0 fully saturated rings. The summed E-state index contributed by atoms with van der Waals surface area (Å²) in [5.74, 6) is 0.768. The Morgan fingerprint density at radius 2 is 1.78 bits per heavy atom. The molecule has 0 bridgehead atoms. The van der Waals surface area contributed by atoms with E-state index >= 15 is 0 Å². The zero-order chi connectivity index (χ0) is 18.9. The maximum atomic E-state index is 12.0. The summed E-state index contributed by atoms with van der Waals surface area (Å²) in [6.45, 7) is 6.01. The molecular formula is C21H29IN4O. The van der Waals surface area contributed by atoms with Gasteiger partial charge in [0.1, 0.15) is 0 Å². The van der Waals surface area contributed by atoms with Crippen molar-refractivity contribution in [3.8, 4) is 0 Å². The Morgan fingerprint density at radius 1 is 1.07 bits per heavy atom. The van der Waals surface area contributed by atoms with Crippen molar-refractivity contribution in [1.29, 1.82) is 0 Å². The second-order valence-corrected chi connectivity index (χ2v) is 6.30. The van der Waals surface area contributed by atoms with Gasteiger partial charge >= 0.3 is 0 Å². The molecule has 0 aliphatic carbocycles. The number of hydrogen-bond donors (Lipinski definition) is 2. The van der Waals surface area contributed by atoms with Crippen LogP contribution in [0.4, 0.5) is 0 Å². The van der Waals surface area contributed by atoms with E-state index in [9.17, 15) is 4.79 Å². The SMILES string of the molecule is CCNC(=O)c1cccc(CNC(=NC)N(C)Cc2ccc(C)cc2)c1.I. The molecule has 0 unspecified atom stereocenters. The number of aliphatic imine (C=N–C) groups is 1. The summed E-state index contributed by atoms with van der Waals surface area (Å²) in [7, 11) is 3.79. The highest BCUT2D eigenvalue weighted by atomic mass is 127. The molecular weight excluding hydrogens is 451 g/mol. The Balaban J connectivity index is 0.00000364. The number of guanidine groups is 1. The summed E-state index contributed by atoms with van der Waals surface area (Å²) < 4.78 is 0. The Hall–Kier alpha value is -2.09. The lowest BCUT2D eigenvalue weighted by Crippen LogP contribution is -2.38. The van der Waals surface area contributed by atoms with Crippen molar-refractivity contribution in [1.82, 2.24) is 15.5 Å². The van der Waals surface area contributed by atoms with Crippen LogP contribution in [0.25, 0.3) is 0 Å². The monoisotopic (exact) mass is 480 g/mol. The number of hydrogen-bond acceptors (Lipinski definition) is 2. The fourth-order valence-corrected chi connectivity index (χ4v) is 2.69. The van der Waals surface area contributed by atoms with Gasteiger partial charge in [-0.25, -0.2) is 0 Å². The summed E-state index contributed by atoms with van der Waals surface area (Å²) in [5.41, 5.74) is 4.21. The van der Waals surface area contributed by atoms with Gasteiger partial charge in [-0.15, -0.1) is 24.0 Å². The van der Waals surface area contributed by atoms with Crippen molar-refractivity contribution in [2.24, 2.45) is 4.99 Å². The molecule has 0 aromatic heterocycles. The van der Waals surface area contributed by atoms with Crippen LogP contribution in [0.3, 0.4) is 0 Å². The highest BCUT2D eigenvalue weighted by Gasteiger charge is 2.08. The third-order valence-corrected chi connectivity index (χ3v) is 4.09. The van der Waals surface area contributed by atoms with Crippen LogP contribution in [0.1, 0.15) is 34.0 Å². The van der Waals surface area contributed by atoms with Gasteiger partial charge in [0.25, 0.3) is 5.91 Å². The number of nitrogens with zero attached hydrogens (tertiary/aromatic N) is 2. The van der Waals surface area contributed by atoms with Crippen molar-refractivity contribution < 1.29 is 4.79 Å². The van der Waals surface area contributed by atoms with Crippen LogP contribution in [-0.2, 0) is 13.1 Å². The first-order valence-corrected chi connectivity index (χ1v) is 8.88. The smallest absolute Gasteiger partial charge is 0.251 e. The molecule has 2 aromatic rings. The maximum Gasteiger partial charge on any atom is 0.251 e. The van der Waals surface area contributed by atoms with Crippen LogP contribution >= 0.6 is 24.0 Å². The van der Waals surface area contributed by atoms with Gasteiger partial charge in [0.05, 0.1) is 0 Å². The van der Waals surface area contributed by atoms with Crippen molar-refractivity contribution in [2.45, 2.75) is 26.9 Å². The summed E-state index contributed by atoms with van der Waals surface area (Å²) in [4.78, 5) is 18.4. The van der Waals surface area contributed by atoms with Gasteiger partial charge in [-0.1, -0.05) is 42.0 Å². The molecule has 0 heterocycles. The largest absolute Gasteiger partial charge is 0.352 e. The molecule has 0 spiro atoms. The predicted molar refractivity (Wildman–Crippen MR) is 123 cm³/mol. The third-order valence-electron chi connectivity index (χ3n) is 4.09. The quantitative estimate of drug-likeness (QED) is 0.378. The first-order chi connectivity index (χ1) is 12.5. The van der Waals surface area contributed by atoms with Gasteiger partial charge in [-0.3, -0.25) is 9.79 Å². The van der Waals surface area contributed by atoms with Crippen LogP contribution in [-0.4, -0.2) is 37.4 Å². The van der Waals surface area contributed by atoms with Crippen LogP contribution in [0.5, 0.6) is 0 Å². The molecule has 5 nitrogen and oxygen atoms in total. The standard InChI is InChI=1S/C21H28N4O.HI/c1-5-23-20(26)19-8-6-7-18(13-19)14-24-21(22-3)25(4)15-17-11-9-16(2)10-12-17;/h6-13H,5,14-15H2,1-4H3,(H,22,24)(H,23,26);1H.